The van der Waals surface area contributed by atoms with Crippen molar-refractivity contribution in [1.29, 1.82) is 0 Å². The highest BCUT2D eigenvalue weighted by molar-refractivity contribution is 5.15. The van der Waals surface area contributed by atoms with Crippen molar-refractivity contribution in [3.63, 3.8) is 0 Å². The van der Waals surface area contributed by atoms with E-state index >= 15 is 0 Å². The number of terminal acetylenes is 1. The van der Waals surface area contributed by atoms with Crippen LogP contribution in [0.4, 0.5) is 0 Å². The van der Waals surface area contributed by atoms with Gasteiger partial charge in [0, 0.05) is 6.42 Å². The number of hydrogen-bond donors (Lipinski definition) is 2. The van der Waals surface area contributed by atoms with E-state index in [9.17, 15) is 10.2 Å². The quantitative estimate of drug-likeness (QED) is 0.447. The Balaban J connectivity index is 2.89. The van der Waals surface area contributed by atoms with Crippen molar-refractivity contribution in [2.75, 3.05) is 6.61 Å². The van der Waals surface area contributed by atoms with Gasteiger partial charge in [-0.3, -0.25) is 0 Å². The first-order chi connectivity index (χ1) is 4.52. The van der Waals surface area contributed by atoms with E-state index in [0.717, 1.165) is 0 Å². The fraction of sp³-hybridized carbons (Fsp3) is 0.714. The molecule has 0 aliphatic carbocycles. The standard InChI is InChI=1S/C7H10O3/c1-3-7(9)4-5-10-6(7,2)8/h1,8-9H,4-5H2,2H3. The molecule has 10 heavy (non-hydrogen) atoms. The van der Waals surface area contributed by atoms with Gasteiger partial charge >= 0.3 is 0 Å². The Labute approximate surface area is 59.6 Å². The lowest BCUT2D eigenvalue weighted by Crippen LogP contribution is -2.47. The minimum Gasteiger partial charge on any atom is -0.372 e. The Morgan fingerprint density at radius 1 is 1.60 bits per heavy atom. The second kappa shape index (κ2) is 1.96. The van der Waals surface area contributed by atoms with Gasteiger partial charge in [0.1, 0.15) is 0 Å². The maximum absolute atomic E-state index is 9.42. The summed E-state index contributed by atoms with van der Waals surface area (Å²) in [6.07, 6.45) is 5.29. The normalized spacial score (nSPS) is 47.0. The molecule has 3 nitrogen and oxygen atoms in total. The van der Waals surface area contributed by atoms with Crippen molar-refractivity contribution < 1.29 is 14.9 Å². The summed E-state index contributed by atoms with van der Waals surface area (Å²) in [5, 5.41) is 18.7. The fourth-order valence-electron chi connectivity index (χ4n) is 0.955. The van der Waals surface area contributed by atoms with Gasteiger partial charge in [0.25, 0.3) is 0 Å². The van der Waals surface area contributed by atoms with Crippen LogP contribution in [0.25, 0.3) is 0 Å². The van der Waals surface area contributed by atoms with Gasteiger partial charge in [0.15, 0.2) is 5.60 Å². The highest BCUT2D eigenvalue weighted by Gasteiger charge is 2.50. The summed E-state index contributed by atoms with van der Waals surface area (Å²) in [5.74, 6) is 0.530. The average molecular weight is 142 g/mol. The zero-order valence-electron chi connectivity index (χ0n) is 5.79. The van der Waals surface area contributed by atoms with Gasteiger partial charge in [-0.15, -0.1) is 6.42 Å². The maximum Gasteiger partial charge on any atom is 0.203 e. The molecule has 0 spiro atoms. The molecule has 0 aromatic heterocycles. The molecule has 0 aromatic rings. The third-order valence-electron chi connectivity index (χ3n) is 1.85. The van der Waals surface area contributed by atoms with Crippen LogP contribution in [-0.4, -0.2) is 28.2 Å². The molecule has 2 unspecified atom stereocenters. The van der Waals surface area contributed by atoms with Crippen LogP contribution >= 0.6 is 0 Å². The summed E-state index contributed by atoms with van der Waals surface area (Å²) in [6.45, 7) is 1.66. The van der Waals surface area contributed by atoms with Crippen LogP contribution in [0.15, 0.2) is 0 Å². The molecule has 0 radical (unpaired) electrons. The first-order valence-electron chi connectivity index (χ1n) is 3.08. The summed E-state index contributed by atoms with van der Waals surface area (Å²) in [6, 6.07) is 0. The summed E-state index contributed by atoms with van der Waals surface area (Å²) >= 11 is 0. The highest BCUT2D eigenvalue weighted by Crippen LogP contribution is 2.32. The van der Waals surface area contributed by atoms with Gasteiger partial charge in [-0.25, -0.2) is 0 Å². The van der Waals surface area contributed by atoms with Crippen molar-refractivity contribution in [2.24, 2.45) is 0 Å². The number of rotatable bonds is 0. The highest BCUT2D eigenvalue weighted by atomic mass is 16.6. The van der Waals surface area contributed by atoms with Gasteiger partial charge in [-0.1, -0.05) is 5.92 Å². The van der Waals surface area contributed by atoms with Crippen LogP contribution in [0.2, 0.25) is 0 Å². The van der Waals surface area contributed by atoms with E-state index in [4.69, 9.17) is 11.2 Å². The summed E-state index contributed by atoms with van der Waals surface area (Å²) in [5.41, 5.74) is -1.51. The molecule has 1 aliphatic heterocycles. The lowest BCUT2D eigenvalue weighted by atomic mass is 9.95. The zero-order valence-corrected chi connectivity index (χ0v) is 5.79. The molecule has 1 fully saturated rings. The molecule has 0 bridgehead atoms. The van der Waals surface area contributed by atoms with Crippen LogP contribution in [-0.2, 0) is 4.74 Å². The van der Waals surface area contributed by atoms with Crippen LogP contribution in [0.5, 0.6) is 0 Å². The third-order valence-corrected chi connectivity index (χ3v) is 1.85. The molecule has 0 amide bonds. The second-order valence-electron chi connectivity index (χ2n) is 2.59. The Bertz CT molecular complexity index is 180. The van der Waals surface area contributed by atoms with Crippen molar-refractivity contribution >= 4 is 0 Å². The Morgan fingerprint density at radius 3 is 2.40 bits per heavy atom. The molecule has 56 valence electrons. The SMILES string of the molecule is C#CC1(O)CCOC1(C)O. The van der Waals surface area contributed by atoms with E-state index in [-0.39, 0.29) is 6.42 Å². The van der Waals surface area contributed by atoms with E-state index in [2.05, 4.69) is 5.92 Å². The minimum absolute atomic E-state index is 0.288. The van der Waals surface area contributed by atoms with Crippen LogP contribution < -0.4 is 0 Å². The number of ether oxygens (including phenoxy) is 1. The first-order valence-corrected chi connectivity index (χ1v) is 3.08. The van der Waals surface area contributed by atoms with E-state index in [1.165, 1.54) is 6.92 Å². The lowest BCUT2D eigenvalue weighted by Gasteiger charge is -2.27. The predicted molar refractivity (Wildman–Crippen MR) is 35.0 cm³/mol. The third kappa shape index (κ3) is 0.816. The smallest absolute Gasteiger partial charge is 0.203 e. The van der Waals surface area contributed by atoms with Gasteiger partial charge in [0.2, 0.25) is 5.79 Å². The largest absolute Gasteiger partial charge is 0.372 e. The van der Waals surface area contributed by atoms with Crippen LogP contribution in [0.3, 0.4) is 0 Å². The molecule has 1 aliphatic rings. The van der Waals surface area contributed by atoms with Crippen LogP contribution in [0.1, 0.15) is 13.3 Å². The topological polar surface area (TPSA) is 49.7 Å². The van der Waals surface area contributed by atoms with Crippen LogP contribution in [0, 0.1) is 12.3 Å². The molecular weight excluding hydrogens is 132 g/mol. The zero-order chi connectivity index (χ0) is 7.83. The van der Waals surface area contributed by atoms with E-state index in [0.29, 0.717) is 6.61 Å². The molecule has 1 heterocycles. The van der Waals surface area contributed by atoms with Gasteiger partial charge < -0.3 is 14.9 Å². The minimum atomic E-state index is -1.58. The van der Waals surface area contributed by atoms with Gasteiger partial charge in [0.05, 0.1) is 6.61 Å². The van der Waals surface area contributed by atoms with E-state index < -0.39 is 11.4 Å². The van der Waals surface area contributed by atoms with E-state index in [1.54, 1.807) is 0 Å². The molecule has 2 atom stereocenters. The molecule has 2 N–H and O–H groups in total. The monoisotopic (exact) mass is 142 g/mol. The summed E-state index contributed by atoms with van der Waals surface area (Å²) in [4.78, 5) is 0. The van der Waals surface area contributed by atoms with Crippen molar-refractivity contribution in [3.05, 3.63) is 0 Å². The van der Waals surface area contributed by atoms with E-state index in [1.807, 2.05) is 0 Å². The lowest BCUT2D eigenvalue weighted by molar-refractivity contribution is -0.221. The Hall–Kier alpha value is -0.560. The molecule has 3 heteroatoms. The van der Waals surface area contributed by atoms with Crippen molar-refractivity contribution in [3.8, 4) is 12.3 Å². The molecular formula is C7H10O3. The molecule has 1 saturated heterocycles. The Kier molecular flexibility index (Phi) is 1.48. The van der Waals surface area contributed by atoms with Gasteiger partial charge in [-0.2, -0.15) is 0 Å². The molecule has 0 saturated carbocycles. The van der Waals surface area contributed by atoms with Crippen molar-refractivity contribution in [1.82, 2.24) is 0 Å². The van der Waals surface area contributed by atoms with Gasteiger partial charge in [-0.05, 0) is 6.92 Å². The number of aliphatic hydroxyl groups is 2. The Morgan fingerprint density at radius 2 is 2.20 bits per heavy atom. The first kappa shape index (κ1) is 7.55. The predicted octanol–water partition coefficient (Wildman–Crippen LogP) is -0.521. The number of hydrogen-bond acceptors (Lipinski definition) is 3. The van der Waals surface area contributed by atoms with Crippen molar-refractivity contribution in [2.45, 2.75) is 24.7 Å². The molecule has 1 rings (SSSR count). The molecule has 0 aromatic carbocycles. The second-order valence-corrected chi connectivity index (χ2v) is 2.59. The summed E-state index contributed by atoms with van der Waals surface area (Å²) in [7, 11) is 0. The fourth-order valence-corrected chi connectivity index (χ4v) is 0.955. The summed E-state index contributed by atoms with van der Waals surface area (Å²) < 4.78 is 4.81. The average Bonchev–Trinajstić information content (AvgIpc) is 2.10. The maximum atomic E-state index is 9.42.